The summed E-state index contributed by atoms with van der Waals surface area (Å²) >= 11 is 0. The van der Waals surface area contributed by atoms with Gasteiger partial charge in [0.1, 0.15) is 5.82 Å². The Balaban J connectivity index is 1.28. The van der Waals surface area contributed by atoms with E-state index in [9.17, 15) is 17.6 Å². The Hall–Kier alpha value is -1.06. The van der Waals surface area contributed by atoms with E-state index in [0.717, 1.165) is 67.1 Å². The number of hydrogen-bond donors (Lipinski definition) is 0. The molecule has 0 N–H and O–H groups in total. The molecule has 156 valence electrons. The maximum Gasteiger partial charge on any atom is 0.419 e. The Kier molecular flexibility index (Phi) is 6.04. The molecule has 0 bridgehead atoms. The monoisotopic (exact) mass is 396 g/mol. The zero-order valence-corrected chi connectivity index (χ0v) is 16.6. The minimum absolute atomic E-state index is 0.211. The summed E-state index contributed by atoms with van der Waals surface area (Å²) in [4.78, 5) is 0. The van der Waals surface area contributed by atoms with Crippen molar-refractivity contribution in [1.82, 2.24) is 0 Å². The molecular formula is C24H32F4. The molecule has 0 heterocycles. The summed E-state index contributed by atoms with van der Waals surface area (Å²) in [6, 6.07) is 3.53. The zero-order chi connectivity index (χ0) is 19.7. The van der Waals surface area contributed by atoms with Gasteiger partial charge in [-0.1, -0.05) is 31.7 Å². The van der Waals surface area contributed by atoms with Crippen molar-refractivity contribution in [1.29, 1.82) is 0 Å². The van der Waals surface area contributed by atoms with Crippen LogP contribution in [0.1, 0.15) is 94.1 Å². The second-order valence-electron chi connectivity index (χ2n) is 9.57. The van der Waals surface area contributed by atoms with Crippen LogP contribution in [-0.2, 0) is 6.18 Å². The lowest BCUT2D eigenvalue weighted by atomic mass is 9.66. The minimum atomic E-state index is -4.61. The molecule has 0 radical (unpaired) electrons. The van der Waals surface area contributed by atoms with Crippen LogP contribution in [0.4, 0.5) is 17.6 Å². The molecule has 3 fully saturated rings. The highest BCUT2D eigenvalue weighted by atomic mass is 19.4. The number of halogens is 4. The van der Waals surface area contributed by atoms with Gasteiger partial charge in [-0.25, -0.2) is 4.39 Å². The number of benzene rings is 1. The molecule has 1 aromatic rings. The average Bonchev–Trinajstić information content (AvgIpc) is 3.22. The van der Waals surface area contributed by atoms with E-state index in [4.69, 9.17) is 0 Å². The molecule has 0 spiro atoms. The van der Waals surface area contributed by atoms with Gasteiger partial charge in [0, 0.05) is 0 Å². The summed E-state index contributed by atoms with van der Waals surface area (Å²) in [5.41, 5.74) is -0.405. The van der Waals surface area contributed by atoms with Gasteiger partial charge in [-0.05, 0) is 98.7 Å². The van der Waals surface area contributed by atoms with Crippen molar-refractivity contribution in [3.63, 3.8) is 0 Å². The third-order valence-corrected chi connectivity index (χ3v) is 8.09. The highest BCUT2D eigenvalue weighted by Crippen LogP contribution is 2.47. The van der Waals surface area contributed by atoms with E-state index in [2.05, 4.69) is 0 Å². The van der Waals surface area contributed by atoms with Gasteiger partial charge >= 0.3 is 6.18 Å². The van der Waals surface area contributed by atoms with Crippen LogP contribution in [0.15, 0.2) is 18.2 Å². The Morgan fingerprint density at radius 2 is 1.11 bits per heavy atom. The van der Waals surface area contributed by atoms with Crippen LogP contribution in [0.25, 0.3) is 0 Å². The first-order valence-electron chi connectivity index (χ1n) is 11.3. The van der Waals surface area contributed by atoms with E-state index >= 15 is 0 Å². The molecule has 4 heteroatoms. The normalized spacial score (nSPS) is 32.6. The van der Waals surface area contributed by atoms with E-state index in [-0.39, 0.29) is 5.92 Å². The van der Waals surface area contributed by atoms with Crippen LogP contribution in [0.5, 0.6) is 0 Å². The largest absolute Gasteiger partial charge is 0.419 e. The predicted molar refractivity (Wildman–Crippen MR) is 104 cm³/mol. The first kappa shape index (κ1) is 20.2. The van der Waals surface area contributed by atoms with Gasteiger partial charge in [0.05, 0.1) is 5.56 Å². The molecular weight excluding hydrogens is 364 g/mol. The van der Waals surface area contributed by atoms with Crippen molar-refractivity contribution in [2.45, 2.75) is 89.1 Å². The van der Waals surface area contributed by atoms with Crippen molar-refractivity contribution >= 4 is 0 Å². The van der Waals surface area contributed by atoms with E-state index < -0.39 is 17.6 Å². The summed E-state index contributed by atoms with van der Waals surface area (Å²) < 4.78 is 52.2. The number of rotatable bonds is 3. The third-order valence-electron chi connectivity index (χ3n) is 8.09. The molecule has 3 saturated carbocycles. The van der Waals surface area contributed by atoms with Crippen molar-refractivity contribution < 1.29 is 17.6 Å². The second-order valence-corrected chi connectivity index (χ2v) is 9.57. The van der Waals surface area contributed by atoms with Crippen LogP contribution >= 0.6 is 0 Å². The summed E-state index contributed by atoms with van der Waals surface area (Å²) in [6.45, 7) is 0. The topological polar surface area (TPSA) is 0 Å². The van der Waals surface area contributed by atoms with Crippen LogP contribution in [0.2, 0.25) is 0 Å². The Bertz CT molecular complexity index is 643. The molecule has 0 aliphatic heterocycles. The summed E-state index contributed by atoms with van der Waals surface area (Å²) in [5.74, 6) is 2.64. The maximum atomic E-state index is 13.9. The molecule has 0 unspecified atom stereocenters. The highest BCUT2D eigenvalue weighted by molar-refractivity contribution is 5.29. The van der Waals surface area contributed by atoms with E-state index in [1.165, 1.54) is 57.4 Å². The van der Waals surface area contributed by atoms with Crippen molar-refractivity contribution in [2.75, 3.05) is 0 Å². The highest BCUT2D eigenvalue weighted by Gasteiger charge is 2.36. The summed E-state index contributed by atoms with van der Waals surface area (Å²) in [5, 5.41) is 0. The van der Waals surface area contributed by atoms with Gasteiger partial charge in [-0.3, -0.25) is 0 Å². The van der Waals surface area contributed by atoms with E-state index in [1.807, 2.05) is 0 Å². The fraction of sp³-hybridized carbons (Fsp3) is 0.750. The maximum absolute atomic E-state index is 13.9. The van der Waals surface area contributed by atoms with Gasteiger partial charge in [-0.2, -0.15) is 13.2 Å². The van der Waals surface area contributed by atoms with Gasteiger partial charge < -0.3 is 0 Å². The lowest BCUT2D eigenvalue weighted by Crippen LogP contribution is -2.27. The molecule has 0 saturated heterocycles. The Morgan fingerprint density at radius 1 is 0.643 bits per heavy atom. The first-order chi connectivity index (χ1) is 13.4. The molecule has 3 aliphatic carbocycles. The molecule has 0 atom stereocenters. The quantitative estimate of drug-likeness (QED) is 0.453. The SMILES string of the molecule is Fc1cc(C2CCC(C3CCC(C4CCCC4)CC3)CC2)ccc1C(F)(F)F. The number of hydrogen-bond acceptors (Lipinski definition) is 0. The minimum Gasteiger partial charge on any atom is -0.206 e. The van der Waals surface area contributed by atoms with Crippen molar-refractivity contribution in [3.05, 3.63) is 35.1 Å². The fourth-order valence-corrected chi connectivity index (χ4v) is 6.46. The van der Waals surface area contributed by atoms with Gasteiger partial charge in [0.2, 0.25) is 0 Å². The van der Waals surface area contributed by atoms with Crippen LogP contribution < -0.4 is 0 Å². The van der Waals surface area contributed by atoms with Gasteiger partial charge in [-0.15, -0.1) is 0 Å². The predicted octanol–water partition coefficient (Wildman–Crippen LogP) is 8.11. The Morgan fingerprint density at radius 3 is 1.57 bits per heavy atom. The molecule has 28 heavy (non-hydrogen) atoms. The van der Waals surface area contributed by atoms with Gasteiger partial charge in [0.15, 0.2) is 0 Å². The molecule has 0 amide bonds. The van der Waals surface area contributed by atoms with Crippen LogP contribution in [-0.4, -0.2) is 0 Å². The average molecular weight is 397 g/mol. The molecule has 4 rings (SSSR count). The zero-order valence-electron chi connectivity index (χ0n) is 16.6. The molecule has 3 aliphatic rings. The van der Waals surface area contributed by atoms with E-state index in [1.54, 1.807) is 0 Å². The lowest BCUT2D eigenvalue weighted by molar-refractivity contribution is -0.140. The first-order valence-corrected chi connectivity index (χ1v) is 11.3. The van der Waals surface area contributed by atoms with E-state index in [0.29, 0.717) is 0 Å². The summed E-state index contributed by atoms with van der Waals surface area (Å²) in [7, 11) is 0. The van der Waals surface area contributed by atoms with Crippen molar-refractivity contribution in [2.24, 2.45) is 23.7 Å². The second kappa shape index (κ2) is 8.36. The van der Waals surface area contributed by atoms with Gasteiger partial charge in [0.25, 0.3) is 0 Å². The van der Waals surface area contributed by atoms with Crippen LogP contribution in [0, 0.1) is 29.5 Å². The fourth-order valence-electron chi connectivity index (χ4n) is 6.46. The Labute approximate surface area is 166 Å². The summed E-state index contributed by atoms with van der Waals surface area (Å²) in [6.07, 6.45) is 10.9. The van der Waals surface area contributed by atoms with Crippen LogP contribution in [0.3, 0.4) is 0 Å². The molecule has 0 aromatic heterocycles. The molecule has 1 aromatic carbocycles. The number of alkyl halides is 3. The lowest BCUT2D eigenvalue weighted by Gasteiger charge is -2.39. The van der Waals surface area contributed by atoms with Crippen molar-refractivity contribution in [3.8, 4) is 0 Å². The third kappa shape index (κ3) is 4.41. The smallest absolute Gasteiger partial charge is 0.206 e. The standard InChI is InChI=1S/C24H32F4/c25-23-15-21(13-14-22(23)24(26,27)28)20-11-9-19(10-12-20)18-7-5-17(6-8-18)16-3-1-2-4-16/h13-20H,1-12H2. The molecule has 0 nitrogen and oxygen atoms in total.